The van der Waals surface area contributed by atoms with Crippen molar-refractivity contribution in [2.45, 2.75) is 50.5 Å². The van der Waals surface area contributed by atoms with E-state index in [-0.39, 0.29) is 11.9 Å². The van der Waals surface area contributed by atoms with Crippen molar-refractivity contribution in [3.05, 3.63) is 48.0 Å². The average Bonchev–Trinajstić information content (AvgIpc) is 3.37. The molecule has 0 saturated carbocycles. The molecule has 1 aromatic carbocycles. The first-order valence-corrected chi connectivity index (χ1v) is 10.1. The lowest BCUT2D eigenvalue weighted by Gasteiger charge is -2.29. The Balaban J connectivity index is 1.29. The third kappa shape index (κ3) is 2.97. The van der Waals surface area contributed by atoms with E-state index >= 15 is 0 Å². The molecule has 2 N–H and O–H groups in total. The minimum atomic E-state index is -0.288. The monoisotopic (exact) mass is 392 g/mol. The van der Waals surface area contributed by atoms with Crippen molar-refractivity contribution in [3.8, 4) is 34.0 Å². The topological polar surface area (TPSA) is 72.1 Å². The van der Waals surface area contributed by atoms with Crippen LogP contribution in [0.1, 0.15) is 31.2 Å². The second-order valence-electron chi connectivity index (χ2n) is 8.12. The zero-order valence-electron chi connectivity index (χ0n) is 15.8. The number of ether oxygens (including phenoxy) is 2. The van der Waals surface area contributed by atoms with Crippen LogP contribution in [-0.4, -0.2) is 33.4 Å². The number of rotatable bonds is 3. The standard InChI is InChI=1S/C22H21FN4O2/c23-20-8-18-12(5-19(20)13-9-24-25-10-13)11-28-22-17(18)3-4-21(27-22)29-16-6-14-1-2-15(7-16)26-14/h3-5,8-10,14-16,26H,1-2,6-7,11H2,(H,24,25). The maximum absolute atomic E-state index is 14.8. The minimum Gasteiger partial charge on any atom is -0.474 e. The summed E-state index contributed by atoms with van der Waals surface area (Å²) < 4.78 is 26.8. The number of piperidine rings is 1. The van der Waals surface area contributed by atoms with Gasteiger partial charge in [-0.2, -0.15) is 10.1 Å². The number of fused-ring (bicyclic) bond motifs is 5. The van der Waals surface area contributed by atoms with Gasteiger partial charge in [-0.05, 0) is 55.0 Å². The molecule has 2 fully saturated rings. The number of aromatic nitrogens is 3. The molecule has 5 heterocycles. The van der Waals surface area contributed by atoms with Crippen LogP contribution in [0, 0.1) is 5.82 Å². The molecule has 29 heavy (non-hydrogen) atoms. The van der Waals surface area contributed by atoms with Gasteiger partial charge in [0.2, 0.25) is 11.8 Å². The Morgan fingerprint density at radius 2 is 1.93 bits per heavy atom. The Morgan fingerprint density at radius 1 is 1.07 bits per heavy atom. The van der Waals surface area contributed by atoms with Crippen LogP contribution >= 0.6 is 0 Å². The predicted octanol–water partition coefficient (Wildman–Crippen LogP) is 3.83. The number of nitrogens with one attached hydrogen (secondary N) is 2. The molecule has 0 spiro atoms. The van der Waals surface area contributed by atoms with Crippen LogP contribution in [0.4, 0.5) is 4.39 Å². The van der Waals surface area contributed by atoms with Crippen LogP contribution < -0.4 is 14.8 Å². The molecule has 2 atom stereocenters. The third-order valence-corrected chi connectivity index (χ3v) is 6.21. The summed E-state index contributed by atoms with van der Waals surface area (Å²) in [6.45, 7) is 0.349. The van der Waals surface area contributed by atoms with Gasteiger partial charge >= 0.3 is 0 Å². The predicted molar refractivity (Wildman–Crippen MR) is 105 cm³/mol. The number of H-pyrrole nitrogens is 1. The van der Waals surface area contributed by atoms with Gasteiger partial charge in [0, 0.05) is 41.0 Å². The summed E-state index contributed by atoms with van der Waals surface area (Å²) in [6.07, 6.45) is 7.97. The lowest BCUT2D eigenvalue weighted by molar-refractivity contribution is 0.130. The molecule has 0 radical (unpaired) electrons. The van der Waals surface area contributed by atoms with Gasteiger partial charge in [-0.25, -0.2) is 4.39 Å². The summed E-state index contributed by atoms with van der Waals surface area (Å²) in [5, 5.41) is 10.3. The maximum atomic E-state index is 14.8. The Labute approximate surface area is 167 Å². The number of pyridine rings is 1. The number of hydrogen-bond donors (Lipinski definition) is 2. The van der Waals surface area contributed by atoms with Crippen molar-refractivity contribution >= 4 is 0 Å². The van der Waals surface area contributed by atoms with Crippen molar-refractivity contribution in [1.29, 1.82) is 0 Å². The minimum absolute atomic E-state index is 0.185. The lowest BCUT2D eigenvalue weighted by atomic mass is 9.95. The Bertz CT molecular complexity index is 1060. The van der Waals surface area contributed by atoms with E-state index < -0.39 is 0 Å². The highest BCUT2D eigenvalue weighted by Gasteiger charge is 2.35. The lowest BCUT2D eigenvalue weighted by Crippen LogP contribution is -2.42. The molecule has 3 aromatic rings. The summed E-state index contributed by atoms with van der Waals surface area (Å²) >= 11 is 0. The molecular formula is C22H21FN4O2. The third-order valence-electron chi connectivity index (χ3n) is 6.21. The number of aromatic amines is 1. The van der Waals surface area contributed by atoms with Crippen LogP contribution in [0.3, 0.4) is 0 Å². The maximum Gasteiger partial charge on any atom is 0.225 e. The molecule has 0 aliphatic carbocycles. The van der Waals surface area contributed by atoms with Gasteiger partial charge in [0.1, 0.15) is 18.5 Å². The van der Waals surface area contributed by atoms with E-state index in [4.69, 9.17) is 9.47 Å². The second-order valence-corrected chi connectivity index (χ2v) is 8.12. The molecule has 7 heteroatoms. The van der Waals surface area contributed by atoms with Gasteiger partial charge in [-0.1, -0.05) is 0 Å². The highest BCUT2D eigenvalue weighted by molar-refractivity contribution is 5.77. The first-order chi connectivity index (χ1) is 14.2. The van der Waals surface area contributed by atoms with Gasteiger partial charge < -0.3 is 14.8 Å². The molecule has 2 saturated heterocycles. The van der Waals surface area contributed by atoms with Crippen molar-refractivity contribution in [2.75, 3.05) is 0 Å². The molecule has 148 valence electrons. The molecule has 3 aliphatic rings. The molecule has 2 bridgehead atoms. The molecule has 2 aromatic heterocycles. The van der Waals surface area contributed by atoms with Crippen LogP contribution in [0.25, 0.3) is 22.3 Å². The van der Waals surface area contributed by atoms with Gasteiger partial charge in [0.05, 0.1) is 6.20 Å². The van der Waals surface area contributed by atoms with E-state index in [9.17, 15) is 4.39 Å². The van der Waals surface area contributed by atoms with E-state index in [1.165, 1.54) is 12.8 Å². The summed E-state index contributed by atoms with van der Waals surface area (Å²) in [4.78, 5) is 4.58. The van der Waals surface area contributed by atoms with Crippen LogP contribution in [-0.2, 0) is 6.61 Å². The number of hydrogen-bond acceptors (Lipinski definition) is 5. The number of benzene rings is 1. The quantitative estimate of drug-likeness (QED) is 0.709. The van der Waals surface area contributed by atoms with Crippen molar-refractivity contribution in [2.24, 2.45) is 0 Å². The van der Waals surface area contributed by atoms with Crippen molar-refractivity contribution < 1.29 is 13.9 Å². The summed E-state index contributed by atoms with van der Waals surface area (Å²) in [6, 6.07) is 8.30. The first kappa shape index (κ1) is 17.0. The second kappa shape index (κ2) is 6.56. The molecular weight excluding hydrogens is 371 g/mol. The normalized spacial score (nSPS) is 24.5. The summed E-state index contributed by atoms with van der Waals surface area (Å²) in [7, 11) is 0. The van der Waals surface area contributed by atoms with Gasteiger partial charge in [0.15, 0.2) is 0 Å². The van der Waals surface area contributed by atoms with Crippen LogP contribution in [0.15, 0.2) is 36.7 Å². The van der Waals surface area contributed by atoms with E-state index in [1.54, 1.807) is 18.5 Å². The Morgan fingerprint density at radius 3 is 2.72 bits per heavy atom. The van der Waals surface area contributed by atoms with Gasteiger partial charge in [0.25, 0.3) is 0 Å². The summed E-state index contributed by atoms with van der Waals surface area (Å²) in [5.41, 5.74) is 3.77. The van der Waals surface area contributed by atoms with Crippen molar-refractivity contribution in [1.82, 2.24) is 20.5 Å². The zero-order valence-corrected chi connectivity index (χ0v) is 15.8. The van der Waals surface area contributed by atoms with E-state index in [0.717, 1.165) is 29.5 Å². The highest BCUT2D eigenvalue weighted by Crippen LogP contribution is 2.40. The van der Waals surface area contributed by atoms with E-state index in [1.807, 2.05) is 18.2 Å². The van der Waals surface area contributed by atoms with Gasteiger partial charge in [-0.15, -0.1) is 0 Å². The fourth-order valence-electron chi connectivity index (χ4n) is 4.83. The molecule has 6 rings (SSSR count). The SMILES string of the molecule is Fc1cc2c(cc1-c1cn[nH]c1)COc1nc(OC3CC4CCC(C3)N4)ccc1-2. The zero-order chi connectivity index (χ0) is 19.4. The van der Waals surface area contributed by atoms with E-state index in [0.29, 0.717) is 41.6 Å². The molecule has 2 unspecified atom stereocenters. The largest absolute Gasteiger partial charge is 0.474 e. The molecule has 3 aliphatic heterocycles. The Kier molecular flexibility index (Phi) is 3.84. The van der Waals surface area contributed by atoms with Crippen LogP contribution in [0.5, 0.6) is 11.8 Å². The number of halogens is 1. The molecule has 0 amide bonds. The average molecular weight is 392 g/mol. The Hall–Kier alpha value is -2.93. The molecule has 6 nitrogen and oxygen atoms in total. The van der Waals surface area contributed by atoms with Crippen LogP contribution in [0.2, 0.25) is 0 Å². The van der Waals surface area contributed by atoms with E-state index in [2.05, 4.69) is 20.5 Å². The number of nitrogens with zero attached hydrogens (tertiary/aromatic N) is 2. The van der Waals surface area contributed by atoms with Crippen molar-refractivity contribution in [3.63, 3.8) is 0 Å². The summed E-state index contributed by atoms with van der Waals surface area (Å²) in [5.74, 6) is 0.792. The first-order valence-electron chi connectivity index (χ1n) is 10.1. The smallest absolute Gasteiger partial charge is 0.225 e. The fourth-order valence-corrected chi connectivity index (χ4v) is 4.83. The highest BCUT2D eigenvalue weighted by atomic mass is 19.1. The van der Waals surface area contributed by atoms with Gasteiger partial charge in [-0.3, -0.25) is 5.10 Å². The fraction of sp³-hybridized carbons (Fsp3) is 0.364.